The van der Waals surface area contributed by atoms with E-state index in [1.807, 2.05) is 12.1 Å². The van der Waals surface area contributed by atoms with Crippen LogP contribution in [0.2, 0.25) is 0 Å². The van der Waals surface area contributed by atoms with Crippen molar-refractivity contribution in [2.75, 3.05) is 11.9 Å². The first-order valence-electron chi connectivity index (χ1n) is 9.38. The Balaban J connectivity index is 1.49. The van der Waals surface area contributed by atoms with Gasteiger partial charge in [-0.15, -0.1) is 0 Å². The smallest absolute Gasteiger partial charge is 0.262 e. The number of aryl methyl sites for hydroxylation is 2. The van der Waals surface area contributed by atoms with Crippen LogP contribution in [0.5, 0.6) is 5.75 Å². The maximum Gasteiger partial charge on any atom is 0.262 e. The zero-order valence-electron chi connectivity index (χ0n) is 15.4. The van der Waals surface area contributed by atoms with Gasteiger partial charge >= 0.3 is 0 Å². The summed E-state index contributed by atoms with van der Waals surface area (Å²) in [5.74, 6) is 0.633. The highest BCUT2D eigenvalue weighted by atomic mass is 16.5. The molecule has 1 amide bonds. The van der Waals surface area contributed by atoms with Gasteiger partial charge in [0, 0.05) is 24.0 Å². The zero-order valence-corrected chi connectivity index (χ0v) is 15.4. The molecule has 0 saturated carbocycles. The van der Waals surface area contributed by atoms with Crippen molar-refractivity contribution in [3.05, 3.63) is 52.3 Å². The molecule has 4 rings (SSSR count). The molecule has 1 aromatic heterocycles. The van der Waals surface area contributed by atoms with E-state index in [2.05, 4.69) is 36.6 Å². The molecule has 0 fully saturated rings. The van der Waals surface area contributed by atoms with Gasteiger partial charge in [-0.2, -0.15) is 0 Å². The summed E-state index contributed by atoms with van der Waals surface area (Å²) in [5.41, 5.74) is 7.08. The molecular weight excluding hydrogens is 326 g/mol. The number of hydrogen-bond acceptors (Lipinski definition) is 4. The van der Waals surface area contributed by atoms with Crippen molar-refractivity contribution < 1.29 is 9.53 Å². The monoisotopic (exact) mass is 351 g/mol. The normalized spacial score (nSPS) is 16.9. The third kappa shape index (κ3) is 3.44. The molecule has 2 N–H and O–H groups in total. The average molecular weight is 351 g/mol. The Kier molecular flexibility index (Phi) is 4.64. The summed E-state index contributed by atoms with van der Waals surface area (Å²) in [6.45, 7) is 5.14. The summed E-state index contributed by atoms with van der Waals surface area (Å²) in [4.78, 5) is 16.3. The van der Waals surface area contributed by atoms with E-state index in [-0.39, 0.29) is 18.6 Å². The van der Waals surface area contributed by atoms with Crippen LogP contribution >= 0.6 is 0 Å². The number of nitrogens with one attached hydrogen (secondary N) is 2. The molecule has 0 saturated heterocycles. The Morgan fingerprint density at radius 2 is 2.12 bits per heavy atom. The molecule has 1 aliphatic carbocycles. The van der Waals surface area contributed by atoms with Gasteiger partial charge in [0.05, 0.1) is 5.69 Å². The van der Waals surface area contributed by atoms with Crippen molar-refractivity contribution in [2.45, 2.75) is 52.1 Å². The second-order valence-corrected chi connectivity index (χ2v) is 7.25. The van der Waals surface area contributed by atoms with Crippen molar-refractivity contribution in [3.63, 3.8) is 0 Å². The van der Waals surface area contributed by atoms with Crippen molar-refractivity contribution in [1.29, 1.82) is 0 Å². The number of carbonyl (C=O) groups is 1. The molecule has 1 unspecified atom stereocenters. The summed E-state index contributed by atoms with van der Waals surface area (Å²) < 4.78 is 5.44. The van der Waals surface area contributed by atoms with Crippen LogP contribution in [0.4, 0.5) is 5.69 Å². The minimum Gasteiger partial charge on any atom is -0.482 e. The molecule has 5 nitrogen and oxygen atoms in total. The van der Waals surface area contributed by atoms with Gasteiger partial charge < -0.3 is 15.4 Å². The maximum absolute atomic E-state index is 11.5. The number of rotatable bonds is 4. The van der Waals surface area contributed by atoms with Crippen LogP contribution in [0.1, 0.15) is 53.9 Å². The molecule has 0 spiro atoms. The summed E-state index contributed by atoms with van der Waals surface area (Å²) in [6, 6.07) is 8.37. The van der Waals surface area contributed by atoms with Crippen LogP contribution in [-0.2, 0) is 24.2 Å². The topological polar surface area (TPSA) is 63.2 Å². The summed E-state index contributed by atoms with van der Waals surface area (Å²) in [6.07, 6.45) is 4.74. The fraction of sp³-hybridized carbons (Fsp3) is 0.429. The third-order valence-corrected chi connectivity index (χ3v) is 5.26. The van der Waals surface area contributed by atoms with E-state index in [4.69, 9.17) is 9.72 Å². The molecule has 26 heavy (non-hydrogen) atoms. The van der Waals surface area contributed by atoms with E-state index in [1.54, 1.807) is 0 Å². The number of benzene rings is 1. The lowest BCUT2D eigenvalue weighted by Crippen LogP contribution is -2.26. The van der Waals surface area contributed by atoms with Crippen LogP contribution in [0.3, 0.4) is 0 Å². The van der Waals surface area contributed by atoms with E-state index in [9.17, 15) is 4.79 Å². The van der Waals surface area contributed by atoms with Crippen molar-refractivity contribution >= 4 is 11.6 Å². The molecule has 1 atom stereocenters. The second-order valence-electron chi connectivity index (χ2n) is 7.25. The van der Waals surface area contributed by atoms with E-state index in [1.165, 1.54) is 29.7 Å². The quantitative estimate of drug-likeness (QED) is 0.886. The number of amides is 1. The Morgan fingerprint density at radius 1 is 1.27 bits per heavy atom. The van der Waals surface area contributed by atoms with E-state index in [0.29, 0.717) is 0 Å². The van der Waals surface area contributed by atoms with E-state index < -0.39 is 0 Å². The van der Waals surface area contributed by atoms with Gasteiger partial charge in [0.25, 0.3) is 5.91 Å². The number of pyridine rings is 1. The highest BCUT2D eigenvalue weighted by Gasteiger charge is 2.19. The lowest BCUT2D eigenvalue weighted by Gasteiger charge is -2.23. The van der Waals surface area contributed by atoms with E-state index in [0.717, 1.165) is 42.1 Å². The lowest BCUT2D eigenvalue weighted by molar-refractivity contribution is -0.118. The minimum absolute atomic E-state index is 0.0899. The maximum atomic E-state index is 11.5. The Hall–Kier alpha value is -2.40. The second kappa shape index (κ2) is 7.08. The van der Waals surface area contributed by atoms with Crippen molar-refractivity contribution in [3.8, 4) is 5.75 Å². The minimum atomic E-state index is -0.103. The first kappa shape index (κ1) is 17.0. The molecular formula is C21H25N3O2. The Labute approximate surface area is 154 Å². The average Bonchev–Trinajstić information content (AvgIpc) is 2.65. The van der Waals surface area contributed by atoms with Crippen LogP contribution in [0, 0.1) is 6.92 Å². The summed E-state index contributed by atoms with van der Waals surface area (Å²) in [7, 11) is 0. The molecule has 0 radical (unpaired) electrons. The Bertz CT molecular complexity index is 847. The number of anilines is 1. The van der Waals surface area contributed by atoms with Gasteiger partial charge in [-0.1, -0.05) is 6.07 Å². The lowest BCUT2D eigenvalue weighted by atomic mass is 9.91. The van der Waals surface area contributed by atoms with E-state index >= 15 is 0 Å². The molecule has 1 aliphatic heterocycles. The Morgan fingerprint density at radius 3 is 3.00 bits per heavy atom. The number of aromatic nitrogens is 1. The van der Waals surface area contributed by atoms with Crippen LogP contribution in [-0.4, -0.2) is 17.5 Å². The number of fused-ring (bicyclic) bond motifs is 2. The number of hydrogen-bond donors (Lipinski definition) is 2. The van der Waals surface area contributed by atoms with Crippen LogP contribution in [0.15, 0.2) is 24.3 Å². The van der Waals surface area contributed by atoms with Crippen molar-refractivity contribution in [2.24, 2.45) is 0 Å². The van der Waals surface area contributed by atoms with Gasteiger partial charge in [-0.3, -0.25) is 9.78 Å². The predicted octanol–water partition coefficient (Wildman–Crippen LogP) is 3.45. The molecule has 2 aliphatic rings. The van der Waals surface area contributed by atoms with Crippen molar-refractivity contribution in [1.82, 2.24) is 10.3 Å². The van der Waals surface area contributed by atoms with Gasteiger partial charge in [-0.05, 0) is 74.4 Å². The summed E-state index contributed by atoms with van der Waals surface area (Å²) >= 11 is 0. The number of nitrogens with zero attached hydrogens (tertiary/aromatic N) is 1. The molecule has 1 aromatic carbocycles. The first-order valence-corrected chi connectivity index (χ1v) is 9.38. The molecule has 2 aromatic rings. The van der Waals surface area contributed by atoms with Gasteiger partial charge in [0.2, 0.25) is 0 Å². The fourth-order valence-corrected chi connectivity index (χ4v) is 3.85. The van der Waals surface area contributed by atoms with Crippen LogP contribution < -0.4 is 15.4 Å². The summed E-state index contributed by atoms with van der Waals surface area (Å²) in [5, 5.41) is 6.51. The molecule has 5 heteroatoms. The van der Waals surface area contributed by atoms with Gasteiger partial charge in [0.15, 0.2) is 6.61 Å². The highest BCUT2D eigenvalue weighted by molar-refractivity contribution is 5.95. The largest absolute Gasteiger partial charge is 0.482 e. The van der Waals surface area contributed by atoms with Crippen LogP contribution in [0.25, 0.3) is 0 Å². The highest BCUT2D eigenvalue weighted by Crippen LogP contribution is 2.31. The molecule has 0 bridgehead atoms. The van der Waals surface area contributed by atoms with Gasteiger partial charge in [-0.25, -0.2) is 0 Å². The zero-order chi connectivity index (χ0) is 18.1. The molecule has 2 heterocycles. The molecule has 136 valence electrons. The number of carbonyl (C=O) groups excluding carboxylic acids is 1. The standard InChI is InChI=1S/C21H25N3O2/c1-13-9-16(17-5-3-4-6-18(17)23-13)11-22-14(2)15-7-8-20-19(10-15)24-21(25)12-26-20/h7-10,14,22H,3-6,11-12H2,1-2H3,(H,24,25). The van der Waals surface area contributed by atoms with Gasteiger partial charge in [0.1, 0.15) is 5.75 Å². The third-order valence-electron chi connectivity index (χ3n) is 5.26. The first-order chi connectivity index (χ1) is 12.6. The SMILES string of the molecule is Cc1cc(CNC(C)c2ccc3c(c2)NC(=O)CO3)c2c(n1)CCCC2. The number of ether oxygens (including phenoxy) is 1. The predicted molar refractivity (Wildman–Crippen MR) is 101 cm³/mol. The fourth-order valence-electron chi connectivity index (χ4n) is 3.85.